The lowest BCUT2D eigenvalue weighted by molar-refractivity contribution is -0.0216. The lowest BCUT2D eigenvalue weighted by Crippen LogP contribution is -2.24. The van der Waals surface area contributed by atoms with Gasteiger partial charge in [0.15, 0.2) is 0 Å². The third-order valence-corrected chi connectivity index (χ3v) is 3.23. The summed E-state index contributed by atoms with van der Waals surface area (Å²) in [6.45, 7) is -0.108. The summed E-state index contributed by atoms with van der Waals surface area (Å²) in [6.07, 6.45) is -0.387. The fourth-order valence-electron chi connectivity index (χ4n) is 1.55. The average Bonchev–Trinajstić information content (AvgIpc) is 2.71. The molecule has 1 aliphatic heterocycles. The van der Waals surface area contributed by atoms with Crippen LogP contribution in [0.5, 0.6) is 0 Å². The van der Waals surface area contributed by atoms with Crippen LogP contribution in [0, 0.1) is 0 Å². The summed E-state index contributed by atoms with van der Waals surface area (Å²) in [5.74, 6) is 0. The zero-order chi connectivity index (χ0) is 9.26. The predicted molar refractivity (Wildman–Crippen MR) is 49.6 cm³/mol. The number of hydrogen-bond donors (Lipinski definition) is 2. The molecule has 0 aromatic carbocycles. The van der Waals surface area contributed by atoms with Gasteiger partial charge in [-0.3, -0.25) is 0 Å². The second kappa shape index (κ2) is 3.75. The zero-order valence-corrected chi connectivity index (χ0v) is 7.91. The van der Waals surface area contributed by atoms with Gasteiger partial charge in [-0.05, 0) is 11.4 Å². The van der Waals surface area contributed by atoms with Crippen molar-refractivity contribution >= 4 is 11.3 Å². The molecule has 0 spiro atoms. The fourth-order valence-corrected chi connectivity index (χ4v) is 2.33. The van der Waals surface area contributed by atoms with Crippen molar-refractivity contribution in [1.82, 2.24) is 0 Å². The monoisotopic (exact) mass is 200 g/mol. The van der Waals surface area contributed by atoms with Crippen LogP contribution in [0.2, 0.25) is 0 Å². The van der Waals surface area contributed by atoms with Gasteiger partial charge in [0.25, 0.3) is 0 Å². The molecule has 2 rings (SSSR count). The van der Waals surface area contributed by atoms with E-state index in [9.17, 15) is 5.11 Å². The summed E-state index contributed by atoms with van der Waals surface area (Å²) in [6, 6.07) is 3.95. The van der Waals surface area contributed by atoms with E-state index in [2.05, 4.69) is 0 Å². The van der Waals surface area contributed by atoms with E-state index in [4.69, 9.17) is 9.84 Å². The Balaban J connectivity index is 2.05. The number of hydrogen-bond acceptors (Lipinski definition) is 4. The van der Waals surface area contributed by atoms with Gasteiger partial charge in [-0.2, -0.15) is 0 Å². The average molecular weight is 200 g/mol. The van der Waals surface area contributed by atoms with Gasteiger partial charge in [-0.1, -0.05) is 6.07 Å². The molecule has 1 unspecified atom stereocenters. The summed E-state index contributed by atoms with van der Waals surface area (Å²) in [7, 11) is 0. The van der Waals surface area contributed by atoms with Crippen molar-refractivity contribution in [3.8, 4) is 0 Å². The molecule has 1 fully saturated rings. The third-order valence-electron chi connectivity index (χ3n) is 2.26. The van der Waals surface area contributed by atoms with Gasteiger partial charge in [0.1, 0.15) is 6.10 Å². The molecule has 3 nitrogen and oxygen atoms in total. The second-order valence-electron chi connectivity index (χ2n) is 3.16. The van der Waals surface area contributed by atoms with Crippen LogP contribution >= 0.6 is 11.3 Å². The van der Waals surface area contributed by atoms with E-state index in [0.29, 0.717) is 6.42 Å². The molecule has 72 valence electrons. The Bertz CT molecular complexity index is 260. The SMILES string of the molecule is OC[C@H]1OC(c2cccs2)C[C@@H]1O. The molecule has 13 heavy (non-hydrogen) atoms. The van der Waals surface area contributed by atoms with Crippen molar-refractivity contribution < 1.29 is 14.9 Å². The van der Waals surface area contributed by atoms with E-state index in [1.807, 2.05) is 17.5 Å². The van der Waals surface area contributed by atoms with Crippen molar-refractivity contribution in [2.75, 3.05) is 6.61 Å². The number of thiophene rings is 1. The highest BCUT2D eigenvalue weighted by Gasteiger charge is 2.34. The first-order valence-corrected chi connectivity index (χ1v) is 5.17. The van der Waals surface area contributed by atoms with Crippen LogP contribution in [0.25, 0.3) is 0 Å². The first-order chi connectivity index (χ1) is 6.31. The van der Waals surface area contributed by atoms with E-state index in [1.165, 1.54) is 0 Å². The standard InChI is InChI=1S/C9H12O3S/c10-5-8-6(11)4-7(12-8)9-2-1-3-13-9/h1-3,6-8,10-11H,4-5H2/t6-,7?,8+/m0/s1. The Kier molecular flexibility index (Phi) is 2.64. The largest absolute Gasteiger partial charge is 0.394 e. The molecule has 2 heterocycles. The molecule has 0 aliphatic carbocycles. The van der Waals surface area contributed by atoms with Crippen LogP contribution in [-0.4, -0.2) is 29.0 Å². The van der Waals surface area contributed by atoms with Crippen molar-refractivity contribution in [1.29, 1.82) is 0 Å². The van der Waals surface area contributed by atoms with Crippen molar-refractivity contribution in [2.45, 2.75) is 24.7 Å². The number of rotatable bonds is 2. The van der Waals surface area contributed by atoms with Crippen LogP contribution in [0.3, 0.4) is 0 Å². The summed E-state index contributed by atoms with van der Waals surface area (Å²) in [5, 5.41) is 20.3. The quantitative estimate of drug-likeness (QED) is 0.746. The number of aliphatic hydroxyl groups excluding tert-OH is 2. The van der Waals surface area contributed by atoms with Gasteiger partial charge in [-0.25, -0.2) is 0 Å². The maximum atomic E-state index is 9.48. The van der Waals surface area contributed by atoms with E-state index in [1.54, 1.807) is 11.3 Å². The molecule has 2 N–H and O–H groups in total. The molecule has 1 aliphatic rings. The van der Waals surface area contributed by atoms with Crippen LogP contribution in [0.4, 0.5) is 0 Å². The summed E-state index contributed by atoms with van der Waals surface area (Å²) >= 11 is 1.62. The van der Waals surface area contributed by atoms with Gasteiger partial charge in [0.05, 0.1) is 18.8 Å². The normalized spacial score (nSPS) is 33.8. The molecule has 1 aromatic rings. The number of aliphatic hydroxyl groups is 2. The highest BCUT2D eigenvalue weighted by Crippen LogP contribution is 2.34. The second-order valence-corrected chi connectivity index (χ2v) is 4.14. The molecule has 0 amide bonds. The number of ether oxygens (including phenoxy) is 1. The molecule has 1 aromatic heterocycles. The summed E-state index contributed by atoms with van der Waals surface area (Å²) in [4.78, 5) is 1.12. The van der Waals surface area contributed by atoms with Gasteiger partial charge < -0.3 is 14.9 Å². The minimum absolute atomic E-state index is 0.0350. The molecule has 3 atom stereocenters. The smallest absolute Gasteiger partial charge is 0.107 e. The van der Waals surface area contributed by atoms with E-state index >= 15 is 0 Å². The van der Waals surface area contributed by atoms with Crippen LogP contribution in [0.15, 0.2) is 17.5 Å². The molecular formula is C9H12O3S. The molecule has 0 bridgehead atoms. The Morgan fingerprint density at radius 3 is 3.00 bits per heavy atom. The van der Waals surface area contributed by atoms with Crippen LogP contribution < -0.4 is 0 Å². The predicted octanol–water partition coefficient (Wildman–Crippen LogP) is 0.931. The lowest BCUT2D eigenvalue weighted by Gasteiger charge is -2.10. The van der Waals surface area contributed by atoms with Crippen LogP contribution in [0.1, 0.15) is 17.4 Å². The highest BCUT2D eigenvalue weighted by molar-refractivity contribution is 7.10. The van der Waals surface area contributed by atoms with Crippen molar-refractivity contribution in [3.05, 3.63) is 22.4 Å². The van der Waals surface area contributed by atoms with Gasteiger partial charge >= 0.3 is 0 Å². The maximum Gasteiger partial charge on any atom is 0.107 e. The molecule has 0 saturated carbocycles. The van der Waals surface area contributed by atoms with Crippen LogP contribution in [-0.2, 0) is 4.74 Å². The Hall–Kier alpha value is -0.420. The van der Waals surface area contributed by atoms with Crippen molar-refractivity contribution in [3.63, 3.8) is 0 Å². The molecule has 4 heteroatoms. The summed E-state index contributed by atoms with van der Waals surface area (Å²) < 4.78 is 5.48. The maximum absolute atomic E-state index is 9.48. The fraction of sp³-hybridized carbons (Fsp3) is 0.556. The van der Waals surface area contributed by atoms with Crippen molar-refractivity contribution in [2.24, 2.45) is 0 Å². The van der Waals surface area contributed by atoms with Gasteiger partial charge in [-0.15, -0.1) is 11.3 Å². The zero-order valence-electron chi connectivity index (χ0n) is 7.09. The highest BCUT2D eigenvalue weighted by atomic mass is 32.1. The van der Waals surface area contributed by atoms with E-state index < -0.39 is 12.2 Å². The Morgan fingerprint density at radius 2 is 2.46 bits per heavy atom. The first-order valence-electron chi connectivity index (χ1n) is 4.29. The Morgan fingerprint density at radius 1 is 1.62 bits per heavy atom. The molecule has 1 saturated heterocycles. The van der Waals surface area contributed by atoms with Gasteiger partial charge in [0, 0.05) is 11.3 Å². The Labute approximate surface area is 80.6 Å². The molecular weight excluding hydrogens is 188 g/mol. The van der Waals surface area contributed by atoms with E-state index in [-0.39, 0.29) is 12.7 Å². The summed E-state index contributed by atoms with van der Waals surface area (Å²) in [5.41, 5.74) is 0. The third kappa shape index (κ3) is 1.76. The molecule has 0 radical (unpaired) electrons. The minimum Gasteiger partial charge on any atom is -0.394 e. The topological polar surface area (TPSA) is 49.7 Å². The van der Waals surface area contributed by atoms with E-state index in [0.717, 1.165) is 4.88 Å². The lowest BCUT2D eigenvalue weighted by atomic mass is 10.1. The minimum atomic E-state index is -0.530. The van der Waals surface area contributed by atoms with Gasteiger partial charge in [0.2, 0.25) is 0 Å². The first kappa shape index (κ1) is 9.15.